The second kappa shape index (κ2) is 9.78. The maximum atomic E-state index is 12.4. The van der Waals surface area contributed by atoms with Gasteiger partial charge in [-0.05, 0) is 48.4 Å². The van der Waals surface area contributed by atoms with Gasteiger partial charge in [0.1, 0.15) is 0 Å². The highest BCUT2D eigenvalue weighted by molar-refractivity contribution is 7.89. The number of nitrogens with zero attached hydrogens (tertiary/aromatic N) is 4. The first-order valence-corrected chi connectivity index (χ1v) is 10.7. The van der Waals surface area contributed by atoms with E-state index in [1.165, 1.54) is 24.3 Å². The van der Waals surface area contributed by atoms with Crippen molar-refractivity contribution in [3.05, 3.63) is 72.2 Å². The van der Waals surface area contributed by atoms with Gasteiger partial charge < -0.3 is 5.32 Å². The molecule has 0 fully saturated rings. The average molecular weight is 424 g/mol. The maximum absolute atomic E-state index is 12.4. The number of rotatable bonds is 9. The van der Waals surface area contributed by atoms with E-state index in [0.717, 1.165) is 12.0 Å². The fourth-order valence-corrected chi connectivity index (χ4v) is 3.68. The maximum Gasteiger partial charge on any atom is 0.256 e. The molecule has 0 bridgehead atoms. The molecule has 0 radical (unpaired) electrons. The van der Waals surface area contributed by atoms with Crippen molar-refractivity contribution in [1.29, 1.82) is 5.26 Å². The molecule has 1 amide bonds. The van der Waals surface area contributed by atoms with Gasteiger partial charge in [-0.2, -0.15) is 10.4 Å². The minimum atomic E-state index is -3.71. The summed E-state index contributed by atoms with van der Waals surface area (Å²) in [6.45, 7) is 0.691. The number of benzene rings is 1. The fourth-order valence-electron chi connectivity index (χ4n) is 2.64. The summed E-state index contributed by atoms with van der Waals surface area (Å²) in [4.78, 5) is 16.4. The van der Waals surface area contributed by atoms with Gasteiger partial charge in [0.15, 0.2) is 5.82 Å². The molecule has 3 aromatic rings. The topological polar surface area (TPSA) is 130 Å². The number of nitrogens with one attached hydrogen (secondary N) is 2. The van der Waals surface area contributed by atoms with Gasteiger partial charge in [-0.3, -0.25) is 14.5 Å². The van der Waals surface area contributed by atoms with Gasteiger partial charge >= 0.3 is 0 Å². The van der Waals surface area contributed by atoms with E-state index < -0.39 is 15.9 Å². The van der Waals surface area contributed by atoms with Gasteiger partial charge in [0.05, 0.1) is 11.0 Å². The average Bonchev–Trinajstić information content (AvgIpc) is 3.20. The van der Waals surface area contributed by atoms with Gasteiger partial charge in [0, 0.05) is 49.7 Å². The zero-order valence-corrected chi connectivity index (χ0v) is 16.8. The molecule has 0 aliphatic heterocycles. The van der Waals surface area contributed by atoms with E-state index in [0.29, 0.717) is 17.9 Å². The molecule has 10 heteroatoms. The van der Waals surface area contributed by atoms with Crippen molar-refractivity contribution in [1.82, 2.24) is 19.5 Å². The number of anilines is 1. The lowest BCUT2D eigenvalue weighted by Crippen LogP contribution is -2.24. The predicted octanol–water partition coefficient (Wildman–Crippen LogP) is 1.97. The Bertz CT molecular complexity index is 1140. The van der Waals surface area contributed by atoms with Crippen LogP contribution in [0.15, 0.2) is 66.0 Å². The van der Waals surface area contributed by atoms with Crippen molar-refractivity contribution < 1.29 is 13.2 Å². The van der Waals surface area contributed by atoms with Crippen LogP contribution < -0.4 is 10.0 Å². The molecule has 0 atom stereocenters. The SMILES string of the molecule is N#CCCNS(=O)(=O)c1ccc(C(=O)Nc2ccn(CCc3ccncc3)n2)cc1. The van der Waals surface area contributed by atoms with Crippen LogP contribution in [0.3, 0.4) is 0 Å². The Morgan fingerprint density at radius 3 is 2.53 bits per heavy atom. The Balaban J connectivity index is 1.57. The molecular weight excluding hydrogens is 404 g/mol. The van der Waals surface area contributed by atoms with Crippen molar-refractivity contribution >= 4 is 21.7 Å². The molecule has 2 heterocycles. The first-order valence-electron chi connectivity index (χ1n) is 9.18. The van der Waals surface area contributed by atoms with Crippen molar-refractivity contribution in [3.8, 4) is 6.07 Å². The Hall–Kier alpha value is -3.55. The zero-order chi connectivity index (χ0) is 21.4. The number of hydrogen-bond acceptors (Lipinski definition) is 6. The summed E-state index contributed by atoms with van der Waals surface area (Å²) in [6.07, 6.45) is 6.12. The molecule has 30 heavy (non-hydrogen) atoms. The van der Waals surface area contributed by atoms with Gasteiger partial charge in [-0.1, -0.05) is 0 Å². The van der Waals surface area contributed by atoms with E-state index in [9.17, 15) is 13.2 Å². The van der Waals surface area contributed by atoms with Crippen LogP contribution in [-0.2, 0) is 23.0 Å². The van der Waals surface area contributed by atoms with Crippen LogP contribution >= 0.6 is 0 Å². The van der Waals surface area contributed by atoms with E-state index in [1.807, 2.05) is 18.2 Å². The number of carbonyl (C=O) groups is 1. The lowest BCUT2D eigenvalue weighted by molar-refractivity contribution is 0.102. The normalized spacial score (nSPS) is 11.0. The smallest absolute Gasteiger partial charge is 0.256 e. The first-order chi connectivity index (χ1) is 14.5. The largest absolute Gasteiger partial charge is 0.305 e. The van der Waals surface area contributed by atoms with Crippen LogP contribution in [0.4, 0.5) is 5.82 Å². The van der Waals surface area contributed by atoms with E-state index in [2.05, 4.69) is 20.1 Å². The van der Waals surface area contributed by atoms with Crippen molar-refractivity contribution in [2.45, 2.75) is 24.3 Å². The van der Waals surface area contributed by atoms with Crippen LogP contribution in [-0.4, -0.2) is 35.6 Å². The summed E-state index contributed by atoms with van der Waals surface area (Å²) in [5, 5.41) is 15.5. The summed E-state index contributed by atoms with van der Waals surface area (Å²) < 4.78 is 28.3. The molecule has 2 aromatic heterocycles. The molecule has 9 nitrogen and oxygen atoms in total. The van der Waals surface area contributed by atoms with E-state index in [4.69, 9.17) is 5.26 Å². The molecule has 1 aromatic carbocycles. The fraction of sp³-hybridized carbons (Fsp3) is 0.200. The van der Waals surface area contributed by atoms with E-state index >= 15 is 0 Å². The Morgan fingerprint density at radius 2 is 1.83 bits per heavy atom. The molecule has 0 unspecified atom stereocenters. The van der Waals surface area contributed by atoms with Gasteiger partial charge in [0.2, 0.25) is 10.0 Å². The highest BCUT2D eigenvalue weighted by Crippen LogP contribution is 2.13. The van der Waals surface area contributed by atoms with Crippen LogP contribution in [0.2, 0.25) is 0 Å². The Kier molecular flexibility index (Phi) is 6.90. The number of sulfonamides is 1. The number of pyridine rings is 1. The minimum Gasteiger partial charge on any atom is -0.305 e. The number of aromatic nitrogens is 3. The number of aryl methyl sites for hydroxylation is 2. The molecular formula is C20H20N6O3S. The second-order valence-corrected chi connectivity index (χ2v) is 8.12. The summed E-state index contributed by atoms with van der Waals surface area (Å²) in [5.41, 5.74) is 1.44. The van der Waals surface area contributed by atoms with Crippen LogP contribution in [0.1, 0.15) is 22.3 Å². The van der Waals surface area contributed by atoms with Crippen molar-refractivity contribution in [3.63, 3.8) is 0 Å². The Morgan fingerprint density at radius 1 is 1.10 bits per heavy atom. The van der Waals surface area contributed by atoms with Crippen LogP contribution in [0.25, 0.3) is 0 Å². The second-order valence-electron chi connectivity index (χ2n) is 6.35. The summed E-state index contributed by atoms with van der Waals surface area (Å²) in [5.74, 6) is 0.0142. The highest BCUT2D eigenvalue weighted by Gasteiger charge is 2.15. The minimum absolute atomic E-state index is 0.0254. The monoisotopic (exact) mass is 424 g/mol. The third kappa shape index (κ3) is 5.73. The van der Waals surface area contributed by atoms with Crippen LogP contribution in [0.5, 0.6) is 0 Å². The van der Waals surface area contributed by atoms with Crippen LogP contribution in [0, 0.1) is 11.3 Å². The van der Waals surface area contributed by atoms with E-state index in [-0.39, 0.29) is 17.9 Å². The lowest BCUT2D eigenvalue weighted by atomic mass is 10.2. The number of hydrogen-bond donors (Lipinski definition) is 2. The number of amides is 1. The number of nitriles is 1. The summed E-state index contributed by atoms with van der Waals surface area (Å²) in [6, 6.07) is 13.0. The highest BCUT2D eigenvalue weighted by atomic mass is 32.2. The third-order valence-electron chi connectivity index (χ3n) is 4.22. The lowest BCUT2D eigenvalue weighted by Gasteiger charge is -2.06. The molecule has 0 aliphatic carbocycles. The van der Waals surface area contributed by atoms with Gasteiger partial charge in [-0.15, -0.1) is 0 Å². The molecule has 0 saturated carbocycles. The molecule has 2 N–H and O–H groups in total. The zero-order valence-electron chi connectivity index (χ0n) is 16.0. The Labute approximate surface area is 174 Å². The van der Waals surface area contributed by atoms with Gasteiger partial charge in [0.25, 0.3) is 5.91 Å². The van der Waals surface area contributed by atoms with Crippen molar-refractivity contribution in [2.24, 2.45) is 0 Å². The van der Waals surface area contributed by atoms with Gasteiger partial charge in [-0.25, -0.2) is 13.1 Å². The molecule has 0 saturated heterocycles. The number of carbonyl (C=O) groups excluding carboxylic acids is 1. The predicted molar refractivity (Wildman–Crippen MR) is 110 cm³/mol. The van der Waals surface area contributed by atoms with Crippen molar-refractivity contribution in [2.75, 3.05) is 11.9 Å². The molecule has 0 aliphatic rings. The third-order valence-corrected chi connectivity index (χ3v) is 5.69. The quantitative estimate of drug-likeness (QED) is 0.505. The van der Waals surface area contributed by atoms with E-state index in [1.54, 1.807) is 29.3 Å². The summed E-state index contributed by atoms with van der Waals surface area (Å²) >= 11 is 0. The summed E-state index contributed by atoms with van der Waals surface area (Å²) in [7, 11) is -3.71. The molecule has 3 rings (SSSR count). The molecule has 154 valence electrons. The molecule has 0 spiro atoms. The first kappa shape index (κ1) is 21.2. The standard InChI is InChI=1S/C20H20N6O3S/c21-10-1-11-23-30(28,29)18-4-2-17(3-5-18)20(27)24-19-9-15-26(25-19)14-8-16-6-12-22-13-7-16/h2-7,9,12-13,15,23H,1,8,11,14H2,(H,24,25,27).